The molecule has 0 spiro atoms. The molecule has 0 bridgehead atoms. The second-order valence-corrected chi connectivity index (χ2v) is 3.99. The van der Waals surface area contributed by atoms with Crippen molar-refractivity contribution in [2.75, 3.05) is 26.3 Å². The van der Waals surface area contributed by atoms with E-state index in [1.807, 2.05) is 18.7 Å². The summed E-state index contributed by atoms with van der Waals surface area (Å²) in [5.41, 5.74) is -0.389. The van der Waals surface area contributed by atoms with Crippen LogP contribution in [0.1, 0.15) is 20.8 Å². The molecule has 0 amide bonds. The molecular weight excluding hydrogens is 170 g/mol. The average Bonchev–Trinajstić information content (AvgIpc) is 2.03. The molecule has 0 heterocycles. The Bertz CT molecular complexity index is 137. The zero-order chi connectivity index (χ0) is 10.5. The lowest BCUT2D eigenvalue weighted by Gasteiger charge is -2.37. The van der Waals surface area contributed by atoms with Crippen molar-refractivity contribution in [2.45, 2.75) is 32.4 Å². The maximum Gasteiger partial charge on any atom is 0.0639 e. The summed E-state index contributed by atoms with van der Waals surface area (Å²) in [6, 6.07) is 0. The molecule has 3 N–H and O–H groups in total. The van der Waals surface area contributed by atoms with Gasteiger partial charge in [0.05, 0.1) is 19.3 Å². The zero-order valence-electron chi connectivity index (χ0n) is 8.69. The van der Waals surface area contributed by atoms with Crippen LogP contribution in [0.25, 0.3) is 0 Å². The van der Waals surface area contributed by atoms with E-state index < -0.39 is 6.10 Å². The number of rotatable bonds is 6. The van der Waals surface area contributed by atoms with Gasteiger partial charge < -0.3 is 15.3 Å². The number of hydrogen-bond acceptors (Lipinski definition) is 4. The summed E-state index contributed by atoms with van der Waals surface area (Å²) < 4.78 is 0. The van der Waals surface area contributed by atoms with Crippen LogP contribution in [0.15, 0.2) is 0 Å². The first-order valence-electron chi connectivity index (χ1n) is 4.59. The summed E-state index contributed by atoms with van der Waals surface area (Å²) in [5, 5.41) is 27.1. The summed E-state index contributed by atoms with van der Waals surface area (Å²) in [6.45, 7) is 6.44. The summed E-state index contributed by atoms with van der Waals surface area (Å²) in [4.78, 5) is 1.87. The molecule has 80 valence electrons. The predicted octanol–water partition coefficient (Wildman–Crippen LogP) is -0.568. The second-order valence-electron chi connectivity index (χ2n) is 3.99. The van der Waals surface area contributed by atoms with Crippen molar-refractivity contribution in [3.8, 4) is 0 Å². The summed E-state index contributed by atoms with van der Waals surface area (Å²) in [7, 11) is 0. The van der Waals surface area contributed by atoms with E-state index in [2.05, 4.69) is 0 Å². The molecule has 0 aliphatic heterocycles. The molecule has 4 nitrogen and oxygen atoms in total. The molecule has 0 saturated carbocycles. The van der Waals surface area contributed by atoms with Gasteiger partial charge in [0.1, 0.15) is 0 Å². The minimum Gasteiger partial charge on any atom is -0.395 e. The molecule has 0 rings (SSSR count). The lowest BCUT2D eigenvalue weighted by molar-refractivity contribution is 0.0128. The highest BCUT2D eigenvalue weighted by Crippen LogP contribution is 2.13. The average molecular weight is 191 g/mol. The minimum atomic E-state index is -0.447. The van der Waals surface area contributed by atoms with Gasteiger partial charge in [-0.15, -0.1) is 0 Å². The van der Waals surface area contributed by atoms with E-state index in [9.17, 15) is 5.11 Å². The van der Waals surface area contributed by atoms with E-state index in [4.69, 9.17) is 10.2 Å². The number of aliphatic hydroxyl groups excluding tert-OH is 3. The first kappa shape index (κ1) is 12.8. The van der Waals surface area contributed by atoms with E-state index in [0.717, 1.165) is 0 Å². The largest absolute Gasteiger partial charge is 0.395 e. The minimum absolute atomic E-state index is 0.0136. The maximum absolute atomic E-state index is 9.20. The van der Waals surface area contributed by atoms with Gasteiger partial charge >= 0.3 is 0 Å². The Morgan fingerprint density at radius 3 is 2.15 bits per heavy atom. The fourth-order valence-corrected chi connectivity index (χ4v) is 1.18. The first-order chi connectivity index (χ1) is 5.94. The molecule has 0 aromatic rings. The van der Waals surface area contributed by atoms with E-state index in [0.29, 0.717) is 13.1 Å². The molecule has 0 fully saturated rings. The Labute approximate surface area is 79.8 Å². The van der Waals surface area contributed by atoms with Gasteiger partial charge in [-0.1, -0.05) is 0 Å². The van der Waals surface area contributed by atoms with Crippen LogP contribution in [0.2, 0.25) is 0 Å². The number of hydrogen-bond donors (Lipinski definition) is 3. The topological polar surface area (TPSA) is 63.9 Å². The number of aliphatic hydroxyl groups is 3. The van der Waals surface area contributed by atoms with Gasteiger partial charge in [-0.05, 0) is 20.8 Å². The molecule has 0 aliphatic rings. The number of nitrogens with zero attached hydrogens (tertiary/aromatic N) is 1. The summed E-state index contributed by atoms with van der Waals surface area (Å²) in [6.07, 6.45) is -0.447. The van der Waals surface area contributed by atoms with Gasteiger partial charge in [0, 0.05) is 18.6 Å². The van der Waals surface area contributed by atoms with Crippen LogP contribution in [-0.2, 0) is 0 Å². The SMILES string of the molecule is CC(O)CN(CCO)C(C)(C)CO. The van der Waals surface area contributed by atoms with Crippen LogP contribution in [0.4, 0.5) is 0 Å². The highest BCUT2D eigenvalue weighted by atomic mass is 16.3. The van der Waals surface area contributed by atoms with E-state index in [1.54, 1.807) is 6.92 Å². The fraction of sp³-hybridized carbons (Fsp3) is 1.00. The first-order valence-corrected chi connectivity index (χ1v) is 4.59. The predicted molar refractivity (Wildman–Crippen MR) is 51.5 cm³/mol. The van der Waals surface area contributed by atoms with Gasteiger partial charge in [-0.2, -0.15) is 0 Å². The molecule has 0 aromatic carbocycles. The highest BCUT2D eigenvalue weighted by molar-refractivity contribution is 4.81. The monoisotopic (exact) mass is 191 g/mol. The van der Waals surface area contributed by atoms with E-state index >= 15 is 0 Å². The summed E-state index contributed by atoms with van der Waals surface area (Å²) >= 11 is 0. The van der Waals surface area contributed by atoms with Crippen molar-refractivity contribution in [3.63, 3.8) is 0 Å². The van der Waals surface area contributed by atoms with E-state index in [-0.39, 0.29) is 18.8 Å². The van der Waals surface area contributed by atoms with Crippen molar-refractivity contribution in [1.82, 2.24) is 4.90 Å². The lowest BCUT2D eigenvalue weighted by atomic mass is 10.0. The molecular formula is C9H21NO3. The number of β-amino-alcohol motifs (C(OH)–C–C–N with tert-alkyl or cyclic N) is 2. The maximum atomic E-state index is 9.20. The Hall–Kier alpha value is -0.160. The van der Waals surface area contributed by atoms with Crippen molar-refractivity contribution >= 4 is 0 Å². The van der Waals surface area contributed by atoms with Gasteiger partial charge in [-0.25, -0.2) is 0 Å². The van der Waals surface area contributed by atoms with Gasteiger partial charge in [0.15, 0.2) is 0 Å². The third-order valence-corrected chi connectivity index (χ3v) is 2.10. The zero-order valence-corrected chi connectivity index (χ0v) is 8.69. The second kappa shape index (κ2) is 5.54. The van der Waals surface area contributed by atoms with Crippen LogP contribution in [0, 0.1) is 0 Å². The Balaban J connectivity index is 4.22. The fourth-order valence-electron chi connectivity index (χ4n) is 1.18. The highest BCUT2D eigenvalue weighted by Gasteiger charge is 2.26. The third-order valence-electron chi connectivity index (χ3n) is 2.10. The lowest BCUT2D eigenvalue weighted by Crippen LogP contribution is -2.50. The van der Waals surface area contributed by atoms with Crippen molar-refractivity contribution in [2.24, 2.45) is 0 Å². The third kappa shape index (κ3) is 4.57. The molecule has 4 heteroatoms. The van der Waals surface area contributed by atoms with Crippen LogP contribution >= 0.6 is 0 Å². The Morgan fingerprint density at radius 2 is 1.85 bits per heavy atom. The van der Waals surface area contributed by atoms with Crippen molar-refractivity contribution in [1.29, 1.82) is 0 Å². The molecule has 1 atom stereocenters. The van der Waals surface area contributed by atoms with Gasteiger partial charge in [0.25, 0.3) is 0 Å². The quantitative estimate of drug-likeness (QED) is 0.526. The normalized spacial score (nSPS) is 15.0. The van der Waals surface area contributed by atoms with Crippen LogP contribution in [-0.4, -0.2) is 58.2 Å². The standard InChI is InChI=1S/C9H21NO3/c1-8(13)6-10(4-5-11)9(2,3)7-12/h8,11-13H,4-7H2,1-3H3. The van der Waals surface area contributed by atoms with Crippen molar-refractivity contribution < 1.29 is 15.3 Å². The van der Waals surface area contributed by atoms with Crippen LogP contribution in [0.5, 0.6) is 0 Å². The van der Waals surface area contributed by atoms with E-state index in [1.165, 1.54) is 0 Å². The van der Waals surface area contributed by atoms with Crippen LogP contribution in [0.3, 0.4) is 0 Å². The summed E-state index contributed by atoms with van der Waals surface area (Å²) in [5.74, 6) is 0. The Kier molecular flexibility index (Phi) is 5.48. The van der Waals surface area contributed by atoms with Gasteiger partial charge in [-0.3, -0.25) is 4.90 Å². The molecule has 0 saturated heterocycles. The molecule has 0 aliphatic carbocycles. The Morgan fingerprint density at radius 1 is 1.31 bits per heavy atom. The van der Waals surface area contributed by atoms with Gasteiger partial charge in [0.2, 0.25) is 0 Å². The smallest absolute Gasteiger partial charge is 0.0639 e. The molecule has 1 unspecified atom stereocenters. The van der Waals surface area contributed by atoms with Crippen molar-refractivity contribution in [3.05, 3.63) is 0 Å². The molecule has 0 radical (unpaired) electrons. The molecule has 13 heavy (non-hydrogen) atoms. The molecule has 0 aromatic heterocycles. The van der Waals surface area contributed by atoms with Crippen LogP contribution < -0.4 is 0 Å².